The quantitative estimate of drug-likeness (QED) is 0.664. The lowest BCUT2D eigenvalue weighted by Crippen LogP contribution is -2.44. The number of carbonyl (C=O) groups is 2. The molecule has 1 aromatic carbocycles. The molecule has 0 fully saturated rings. The zero-order valence-corrected chi connectivity index (χ0v) is 15.6. The topological polar surface area (TPSA) is 131 Å². The first-order valence-corrected chi connectivity index (χ1v) is 8.06. The highest BCUT2D eigenvalue weighted by atomic mass is 16.2. The van der Waals surface area contributed by atoms with E-state index >= 15 is 0 Å². The number of nitrogens with one attached hydrogen (secondary N) is 2. The van der Waals surface area contributed by atoms with Gasteiger partial charge in [-0.2, -0.15) is 0 Å². The van der Waals surface area contributed by atoms with Crippen molar-refractivity contribution in [3.8, 4) is 0 Å². The fraction of sp³-hybridized carbons (Fsp3) is 0.294. The molecular weight excluding hydrogens is 352 g/mol. The molecule has 0 aliphatic carbocycles. The summed E-state index contributed by atoms with van der Waals surface area (Å²) in [5.74, 6) is -0.787. The normalized spacial score (nSPS) is 10.4. The van der Waals surface area contributed by atoms with Crippen LogP contribution in [-0.4, -0.2) is 35.0 Å². The number of nitrogens with zero attached hydrogens (tertiary/aromatic N) is 3. The van der Waals surface area contributed by atoms with E-state index in [1.165, 1.54) is 18.9 Å². The lowest BCUT2D eigenvalue weighted by Gasteiger charge is -2.18. The van der Waals surface area contributed by atoms with Crippen LogP contribution in [0.4, 0.5) is 22.9 Å². The largest absolute Gasteiger partial charge is 0.383 e. The highest BCUT2D eigenvalue weighted by Crippen LogP contribution is 2.15. The summed E-state index contributed by atoms with van der Waals surface area (Å²) in [5.41, 5.74) is 5.55. The summed E-state index contributed by atoms with van der Waals surface area (Å²) >= 11 is 0. The minimum Gasteiger partial charge on any atom is -0.383 e. The Balaban J connectivity index is 2.30. The zero-order chi connectivity index (χ0) is 20.3. The molecule has 0 aliphatic heterocycles. The van der Waals surface area contributed by atoms with E-state index in [0.29, 0.717) is 11.4 Å². The Labute approximate surface area is 155 Å². The molecule has 0 atom stereocenters. The number of rotatable bonds is 5. The van der Waals surface area contributed by atoms with Crippen LogP contribution in [0.5, 0.6) is 0 Å². The molecule has 144 valence electrons. The second-order valence-corrected chi connectivity index (χ2v) is 6.17. The summed E-state index contributed by atoms with van der Waals surface area (Å²) in [6.07, 6.45) is 0. The molecule has 0 bridgehead atoms. The first-order valence-electron chi connectivity index (χ1n) is 8.06. The molecule has 2 aromatic rings. The maximum Gasteiger partial charge on any atom is 0.332 e. The van der Waals surface area contributed by atoms with E-state index in [9.17, 15) is 19.2 Å². The molecular formula is C17H22N6O4. The number of nitrogens with two attached hydrogens (primary N) is 1. The SMILES string of the molecule is CC(=O)Nc1cccc(NC(=O)Cn2c(=O)c(N(C)C)c(N)n(C)c2=O)c1. The molecule has 2 amide bonds. The van der Waals surface area contributed by atoms with Crippen LogP contribution in [0.3, 0.4) is 0 Å². The number of hydrogen-bond donors (Lipinski definition) is 3. The molecule has 0 saturated carbocycles. The van der Waals surface area contributed by atoms with Gasteiger partial charge < -0.3 is 21.3 Å². The van der Waals surface area contributed by atoms with Crippen molar-refractivity contribution < 1.29 is 9.59 Å². The molecule has 10 nitrogen and oxygen atoms in total. The lowest BCUT2D eigenvalue weighted by atomic mass is 10.2. The van der Waals surface area contributed by atoms with Crippen molar-refractivity contribution in [2.45, 2.75) is 13.5 Å². The van der Waals surface area contributed by atoms with Gasteiger partial charge in [0.05, 0.1) is 0 Å². The highest BCUT2D eigenvalue weighted by molar-refractivity contribution is 5.93. The predicted molar refractivity (Wildman–Crippen MR) is 104 cm³/mol. The van der Waals surface area contributed by atoms with Gasteiger partial charge in [-0.15, -0.1) is 0 Å². The fourth-order valence-corrected chi connectivity index (χ4v) is 2.55. The fourth-order valence-electron chi connectivity index (χ4n) is 2.55. The van der Waals surface area contributed by atoms with Crippen LogP contribution in [0, 0.1) is 0 Å². The van der Waals surface area contributed by atoms with E-state index in [2.05, 4.69) is 10.6 Å². The molecule has 27 heavy (non-hydrogen) atoms. The number of nitrogen functional groups attached to an aromatic ring is 1. The Bertz CT molecular complexity index is 1010. The first-order chi connectivity index (χ1) is 12.6. The number of benzene rings is 1. The summed E-state index contributed by atoms with van der Waals surface area (Å²) in [5, 5.41) is 5.20. The van der Waals surface area contributed by atoms with Gasteiger partial charge in [-0.3, -0.25) is 19.0 Å². The molecule has 0 aliphatic rings. The third kappa shape index (κ3) is 4.35. The van der Waals surface area contributed by atoms with Crippen LogP contribution in [-0.2, 0) is 23.2 Å². The Morgan fingerprint density at radius 3 is 2.30 bits per heavy atom. The number of anilines is 4. The van der Waals surface area contributed by atoms with E-state index in [1.54, 1.807) is 38.4 Å². The summed E-state index contributed by atoms with van der Waals surface area (Å²) in [4.78, 5) is 49.9. The molecule has 2 rings (SSSR count). The number of amides is 2. The lowest BCUT2D eigenvalue weighted by molar-refractivity contribution is -0.117. The van der Waals surface area contributed by atoms with Crippen molar-refractivity contribution in [2.75, 3.05) is 35.4 Å². The Kier molecular flexibility index (Phi) is 5.69. The van der Waals surface area contributed by atoms with Crippen molar-refractivity contribution in [3.63, 3.8) is 0 Å². The maximum absolute atomic E-state index is 12.6. The van der Waals surface area contributed by atoms with Gasteiger partial charge >= 0.3 is 5.69 Å². The number of hydrogen-bond acceptors (Lipinski definition) is 6. The Morgan fingerprint density at radius 2 is 1.74 bits per heavy atom. The average molecular weight is 374 g/mol. The monoisotopic (exact) mass is 374 g/mol. The Morgan fingerprint density at radius 1 is 1.15 bits per heavy atom. The van der Waals surface area contributed by atoms with E-state index in [1.807, 2.05) is 0 Å². The molecule has 0 saturated heterocycles. The molecule has 1 heterocycles. The van der Waals surface area contributed by atoms with Gasteiger partial charge in [-0.25, -0.2) is 9.36 Å². The van der Waals surface area contributed by atoms with Gasteiger partial charge in [-0.05, 0) is 18.2 Å². The van der Waals surface area contributed by atoms with Crippen molar-refractivity contribution >= 4 is 34.7 Å². The third-order valence-corrected chi connectivity index (χ3v) is 3.79. The standard InChI is InChI=1S/C17H22N6O4/c1-10(24)19-11-6-5-7-12(8-11)20-13(25)9-23-16(26)14(21(2)3)15(18)22(4)17(23)27/h5-8H,9,18H2,1-4H3,(H,19,24)(H,20,25). The van der Waals surface area contributed by atoms with Crippen molar-refractivity contribution in [1.82, 2.24) is 9.13 Å². The van der Waals surface area contributed by atoms with E-state index in [0.717, 1.165) is 9.13 Å². The van der Waals surface area contributed by atoms with Gasteiger partial charge in [0, 0.05) is 39.4 Å². The average Bonchev–Trinajstić information content (AvgIpc) is 2.56. The van der Waals surface area contributed by atoms with Crippen LogP contribution in [0.2, 0.25) is 0 Å². The molecule has 0 unspecified atom stereocenters. The van der Waals surface area contributed by atoms with Crippen molar-refractivity contribution in [2.24, 2.45) is 7.05 Å². The molecule has 1 aromatic heterocycles. The molecule has 4 N–H and O–H groups in total. The van der Waals surface area contributed by atoms with E-state index in [4.69, 9.17) is 5.73 Å². The van der Waals surface area contributed by atoms with Crippen LogP contribution >= 0.6 is 0 Å². The first kappa shape index (κ1) is 19.8. The van der Waals surface area contributed by atoms with Crippen molar-refractivity contribution in [3.05, 3.63) is 45.1 Å². The number of aromatic nitrogens is 2. The zero-order valence-electron chi connectivity index (χ0n) is 15.6. The molecule has 0 radical (unpaired) electrons. The van der Waals surface area contributed by atoms with Gasteiger partial charge in [0.25, 0.3) is 5.56 Å². The van der Waals surface area contributed by atoms with Crippen LogP contribution in [0.25, 0.3) is 0 Å². The van der Waals surface area contributed by atoms with E-state index in [-0.39, 0.29) is 17.4 Å². The second-order valence-electron chi connectivity index (χ2n) is 6.17. The van der Waals surface area contributed by atoms with Gasteiger partial charge in [0.1, 0.15) is 18.1 Å². The van der Waals surface area contributed by atoms with Crippen LogP contribution in [0.15, 0.2) is 33.9 Å². The third-order valence-electron chi connectivity index (χ3n) is 3.79. The predicted octanol–water partition coefficient (Wildman–Crippen LogP) is -0.208. The maximum atomic E-state index is 12.6. The summed E-state index contributed by atoms with van der Waals surface area (Å²) in [7, 11) is 4.67. The summed E-state index contributed by atoms with van der Waals surface area (Å²) < 4.78 is 1.93. The second kappa shape index (κ2) is 7.77. The minimum atomic E-state index is -0.690. The minimum absolute atomic E-state index is 0.0228. The van der Waals surface area contributed by atoms with Crippen LogP contribution < -0.4 is 32.5 Å². The van der Waals surface area contributed by atoms with Gasteiger partial charge in [0.15, 0.2) is 0 Å². The molecule has 0 spiro atoms. The van der Waals surface area contributed by atoms with Crippen LogP contribution in [0.1, 0.15) is 6.92 Å². The number of carbonyl (C=O) groups excluding carboxylic acids is 2. The highest BCUT2D eigenvalue weighted by Gasteiger charge is 2.18. The molecule has 10 heteroatoms. The van der Waals surface area contributed by atoms with Crippen molar-refractivity contribution in [1.29, 1.82) is 0 Å². The van der Waals surface area contributed by atoms with Gasteiger partial charge in [0.2, 0.25) is 11.8 Å². The van der Waals surface area contributed by atoms with E-state index < -0.39 is 23.7 Å². The summed E-state index contributed by atoms with van der Waals surface area (Å²) in [6.45, 7) is 0.897. The smallest absolute Gasteiger partial charge is 0.332 e. The Hall–Kier alpha value is -3.56. The summed E-state index contributed by atoms with van der Waals surface area (Å²) in [6, 6.07) is 6.51. The van der Waals surface area contributed by atoms with Gasteiger partial charge in [-0.1, -0.05) is 6.07 Å².